The fourth-order valence-corrected chi connectivity index (χ4v) is 5.04. The molecule has 2 unspecified atom stereocenters. The Morgan fingerprint density at radius 1 is 1.22 bits per heavy atom. The number of nitrogens with one attached hydrogen (secondary N) is 3. The monoisotopic (exact) mass is 455 g/mol. The molecular weight excluding hydrogens is 429 g/mol. The van der Waals surface area contributed by atoms with Crippen molar-refractivity contribution in [3.8, 4) is 11.1 Å². The number of amides is 1. The van der Waals surface area contributed by atoms with Crippen LogP contribution in [0.4, 0.5) is 10.1 Å². The molecule has 32 heavy (non-hydrogen) atoms. The van der Waals surface area contributed by atoms with E-state index in [0.29, 0.717) is 35.8 Å². The van der Waals surface area contributed by atoms with Crippen molar-refractivity contribution in [2.75, 3.05) is 31.7 Å². The summed E-state index contributed by atoms with van der Waals surface area (Å²) in [6, 6.07) is 9.64. The van der Waals surface area contributed by atoms with E-state index in [4.69, 9.17) is 0 Å². The molecule has 0 saturated carbocycles. The van der Waals surface area contributed by atoms with Crippen LogP contribution in [-0.2, 0) is 28.6 Å². The van der Waals surface area contributed by atoms with Crippen molar-refractivity contribution in [2.24, 2.45) is 0 Å². The van der Waals surface area contributed by atoms with Gasteiger partial charge in [-0.2, -0.15) is 5.10 Å². The second-order valence-electron chi connectivity index (χ2n) is 8.09. The van der Waals surface area contributed by atoms with Crippen LogP contribution in [0, 0.1) is 5.82 Å². The topological polar surface area (TPSA) is 90.1 Å². The van der Waals surface area contributed by atoms with E-state index in [0.717, 1.165) is 22.3 Å². The number of halogens is 1. The van der Waals surface area contributed by atoms with Gasteiger partial charge in [-0.15, -0.1) is 0 Å². The lowest BCUT2D eigenvalue weighted by Gasteiger charge is -2.26. The van der Waals surface area contributed by atoms with Gasteiger partial charge in [0.25, 0.3) is 0 Å². The molecule has 7 nitrogen and oxygen atoms in total. The Balaban J connectivity index is 1.56. The average molecular weight is 456 g/mol. The van der Waals surface area contributed by atoms with Crippen molar-refractivity contribution < 1.29 is 13.4 Å². The standard InChI is InChI=1S/C23H26FN5O2S/c1-29(2)7-8-32(31)22-11-15(18-13-26-27-14-18)4-6-20(22)28-23(30)21-10-17-9-19(24)5-3-16(17)12-25-21/h3-6,9,11,13-14,21,25H,7-8,10,12H2,1-2H3,(H,26,27)(H,28,30). The molecule has 168 valence electrons. The van der Waals surface area contributed by atoms with E-state index in [1.807, 2.05) is 31.1 Å². The Bertz CT molecular complexity index is 1130. The molecule has 0 bridgehead atoms. The molecule has 0 spiro atoms. The lowest BCUT2D eigenvalue weighted by molar-refractivity contribution is -0.118. The average Bonchev–Trinajstić information content (AvgIpc) is 3.32. The maximum absolute atomic E-state index is 13.6. The van der Waals surface area contributed by atoms with Crippen LogP contribution >= 0.6 is 0 Å². The number of fused-ring (bicyclic) bond motifs is 1. The zero-order chi connectivity index (χ0) is 22.7. The Kier molecular flexibility index (Phi) is 6.78. The fourth-order valence-electron chi connectivity index (χ4n) is 3.67. The van der Waals surface area contributed by atoms with E-state index in [1.54, 1.807) is 24.5 Å². The number of carbonyl (C=O) groups is 1. The number of aromatic nitrogens is 2. The zero-order valence-electron chi connectivity index (χ0n) is 18.0. The van der Waals surface area contributed by atoms with Gasteiger partial charge in [0.15, 0.2) is 0 Å². The number of nitrogens with zero attached hydrogens (tertiary/aromatic N) is 2. The molecule has 3 N–H and O–H groups in total. The number of aromatic amines is 1. The molecular formula is C23H26FN5O2S. The summed E-state index contributed by atoms with van der Waals surface area (Å²) >= 11 is 0. The van der Waals surface area contributed by atoms with Crippen LogP contribution in [-0.4, -0.2) is 57.6 Å². The van der Waals surface area contributed by atoms with E-state index in [9.17, 15) is 13.4 Å². The minimum Gasteiger partial charge on any atom is -0.324 e. The third-order valence-electron chi connectivity index (χ3n) is 5.49. The molecule has 1 aromatic heterocycles. The molecule has 3 aromatic rings. The van der Waals surface area contributed by atoms with E-state index in [1.165, 1.54) is 12.1 Å². The van der Waals surface area contributed by atoms with Crippen molar-refractivity contribution in [1.29, 1.82) is 0 Å². The summed E-state index contributed by atoms with van der Waals surface area (Å²) in [5.74, 6) is -0.0981. The summed E-state index contributed by atoms with van der Waals surface area (Å²) in [6.45, 7) is 1.15. The maximum atomic E-state index is 13.6. The molecule has 4 rings (SSSR count). The van der Waals surface area contributed by atoms with Crippen LogP contribution in [0.1, 0.15) is 11.1 Å². The first-order valence-electron chi connectivity index (χ1n) is 10.4. The van der Waals surface area contributed by atoms with Crippen LogP contribution in [0.3, 0.4) is 0 Å². The van der Waals surface area contributed by atoms with E-state index in [-0.39, 0.29) is 11.7 Å². The Morgan fingerprint density at radius 3 is 2.81 bits per heavy atom. The van der Waals surface area contributed by atoms with Crippen LogP contribution < -0.4 is 10.6 Å². The minimum absolute atomic E-state index is 0.234. The molecule has 2 heterocycles. The fraction of sp³-hybridized carbons (Fsp3) is 0.304. The Morgan fingerprint density at radius 2 is 2.06 bits per heavy atom. The zero-order valence-corrected chi connectivity index (χ0v) is 18.8. The summed E-state index contributed by atoms with van der Waals surface area (Å²) in [6.07, 6.45) is 3.86. The second-order valence-corrected chi connectivity index (χ2v) is 9.63. The second kappa shape index (κ2) is 9.72. The SMILES string of the molecule is CN(C)CCS(=O)c1cc(-c2cn[nH]c2)ccc1NC(=O)C1Cc2cc(F)ccc2CN1. The number of hydrogen-bond acceptors (Lipinski definition) is 5. The first kappa shape index (κ1) is 22.3. The molecule has 9 heteroatoms. The van der Waals surface area contributed by atoms with Crippen LogP contribution in [0.5, 0.6) is 0 Å². The molecule has 0 radical (unpaired) electrons. The summed E-state index contributed by atoms with van der Waals surface area (Å²) in [7, 11) is 2.55. The number of H-pyrrole nitrogens is 1. The number of anilines is 1. The van der Waals surface area contributed by atoms with E-state index < -0.39 is 16.8 Å². The van der Waals surface area contributed by atoms with Gasteiger partial charge in [-0.1, -0.05) is 12.1 Å². The van der Waals surface area contributed by atoms with E-state index in [2.05, 4.69) is 20.8 Å². The van der Waals surface area contributed by atoms with Gasteiger partial charge in [-0.3, -0.25) is 14.1 Å². The summed E-state index contributed by atoms with van der Waals surface area (Å²) < 4.78 is 26.7. The number of benzene rings is 2. The number of rotatable bonds is 7. The molecule has 0 saturated heterocycles. The van der Waals surface area contributed by atoms with Crippen molar-refractivity contribution in [3.05, 3.63) is 65.7 Å². The highest BCUT2D eigenvalue weighted by Crippen LogP contribution is 2.28. The van der Waals surface area contributed by atoms with E-state index >= 15 is 0 Å². The largest absolute Gasteiger partial charge is 0.324 e. The first-order valence-corrected chi connectivity index (χ1v) is 11.7. The molecule has 0 fully saturated rings. The first-order chi connectivity index (χ1) is 15.4. The summed E-state index contributed by atoms with van der Waals surface area (Å²) in [4.78, 5) is 15.6. The van der Waals surface area contributed by atoms with Crippen LogP contribution in [0.2, 0.25) is 0 Å². The number of hydrogen-bond donors (Lipinski definition) is 3. The molecule has 2 atom stereocenters. The summed E-state index contributed by atoms with van der Waals surface area (Å²) in [5.41, 5.74) is 4.08. The molecule has 1 aliphatic heterocycles. The van der Waals surface area contributed by atoms with Gasteiger partial charge in [0, 0.05) is 30.6 Å². The normalized spacial score (nSPS) is 16.6. The van der Waals surface area contributed by atoms with Gasteiger partial charge in [-0.25, -0.2) is 4.39 Å². The highest BCUT2D eigenvalue weighted by atomic mass is 32.2. The van der Waals surface area contributed by atoms with Crippen LogP contribution in [0.25, 0.3) is 11.1 Å². The minimum atomic E-state index is -1.31. The third-order valence-corrected chi connectivity index (χ3v) is 6.87. The van der Waals surface area contributed by atoms with Crippen molar-refractivity contribution in [2.45, 2.75) is 23.9 Å². The van der Waals surface area contributed by atoms with Crippen LogP contribution in [0.15, 0.2) is 53.7 Å². The molecule has 1 amide bonds. The lowest BCUT2D eigenvalue weighted by Crippen LogP contribution is -2.44. The summed E-state index contributed by atoms with van der Waals surface area (Å²) in [5, 5.41) is 12.9. The Labute approximate surface area is 188 Å². The quantitative estimate of drug-likeness (QED) is 0.510. The maximum Gasteiger partial charge on any atom is 0.241 e. The Hall–Kier alpha value is -2.88. The highest BCUT2D eigenvalue weighted by molar-refractivity contribution is 7.85. The van der Waals surface area contributed by atoms with Gasteiger partial charge in [-0.05, 0) is 61.5 Å². The highest BCUT2D eigenvalue weighted by Gasteiger charge is 2.25. The molecule has 2 aromatic carbocycles. The van der Waals surface area contributed by atoms with Gasteiger partial charge < -0.3 is 15.5 Å². The van der Waals surface area contributed by atoms with Crippen molar-refractivity contribution >= 4 is 22.4 Å². The van der Waals surface area contributed by atoms with Gasteiger partial charge in [0.05, 0.1) is 33.6 Å². The third kappa shape index (κ3) is 5.12. The van der Waals surface area contributed by atoms with Crippen molar-refractivity contribution in [3.63, 3.8) is 0 Å². The molecule has 1 aliphatic rings. The smallest absolute Gasteiger partial charge is 0.241 e. The van der Waals surface area contributed by atoms with Gasteiger partial charge >= 0.3 is 0 Å². The molecule has 0 aliphatic carbocycles. The van der Waals surface area contributed by atoms with Crippen molar-refractivity contribution in [1.82, 2.24) is 20.4 Å². The number of carbonyl (C=O) groups excluding carboxylic acids is 1. The van der Waals surface area contributed by atoms with Gasteiger partial charge in [0.1, 0.15) is 5.82 Å². The predicted octanol–water partition coefficient (Wildman–Crippen LogP) is 2.54. The van der Waals surface area contributed by atoms with Gasteiger partial charge in [0.2, 0.25) is 5.91 Å². The lowest BCUT2D eigenvalue weighted by atomic mass is 9.95. The predicted molar refractivity (Wildman–Crippen MR) is 123 cm³/mol.